The molecule has 0 aromatic carbocycles. The molecule has 3 rings (SSSR count). The minimum absolute atomic E-state index is 0.297. The van der Waals surface area contributed by atoms with Crippen molar-refractivity contribution in [3.05, 3.63) is 35.8 Å². The Balaban J connectivity index is 1.94. The number of rotatable bonds is 5. The molecule has 0 radical (unpaired) electrons. The zero-order chi connectivity index (χ0) is 20.3. The van der Waals surface area contributed by atoms with Gasteiger partial charge in [0.2, 0.25) is 11.8 Å². The standard InChI is InChI=1S/C19H24N6O3/c1-12(27)21-16(11-26)19(28)25-9-6-14-15(10-25)22-17(23-18(14)24(2)3)13-4-7-20-8-5-13/h4-5,7-8,16,26H,6,9-11H2,1-3H3,(H,21,27)/t16-/m0/s1. The summed E-state index contributed by atoms with van der Waals surface area (Å²) in [7, 11) is 3.85. The van der Waals surface area contributed by atoms with Gasteiger partial charge in [0.25, 0.3) is 0 Å². The van der Waals surface area contributed by atoms with E-state index in [0.717, 1.165) is 22.6 Å². The minimum atomic E-state index is -0.950. The summed E-state index contributed by atoms with van der Waals surface area (Å²) in [5, 5.41) is 12.0. The van der Waals surface area contributed by atoms with Crippen molar-refractivity contribution >= 4 is 17.6 Å². The van der Waals surface area contributed by atoms with Crippen LogP contribution in [-0.2, 0) is 22.6 Å². The number of amides is 2. The van der Waals surface area contributed by atoms with Crippen LogP contribution in [0.3, 0.4) is 0 Å². The van der Waals surface area contributed by atoms with Crippen molar-refractivity contribution < 1.29 is 14.7 Å². The highest BCUT2D eigenvalue weighted by molar-refractivity contribution is 5.87. The van der Waals surface area contributed by atoms with E-state index in [9.17, 15) is 14.7 Å². The molecule has 0 unspecified atom stereocenters. The Morgan fingerprint density at radius 1 is 1.29 bits per heavy atom. The van der Waals surface area contributed by atoms with Gasteiger partial charge in [-0.1, -0.05) is 0 Å². The van der Waals surface area contributed by atoms with E-state index in [-0.39, 0.29) is 11.8 Å². The van der Waals surface area contributed by atoms with Gasteiger partial charge in [-0.2, -0.15) is 0 Å². The fourth-order valence-electron chi connectivity index (χ4n) is 3.25. The van der Waals surface area contributed by atoms with E-state index < -0.39 is 12.6 Å². The van der Waals surface area contributed by atoms with Crippen LogP contribution in [0.25, 0.3) is 11.4 Å². The molecule has 0 fully saturated rings. The molecular weight excluding hydrogens is 360 g/mol. The molecule has 0 spiro atoms. The minimum Gasteiger partial charge on any atom is -0.394 e. The normalized spacial score (nSPS) is 14.2. The van der Waals surface area contributed by atoms with Gasteiger partial charge < -0.3 is 20.2 Å². The van der Waals surface area contributed by atoms with Crippen LogP contribution in [0.1, 0.15) is 18.2 Å². The van der Waals surface area contributed by atoms with E-state index in [2.05, 4.69) is 10.3 Å². The Hall–Kier alpha value is -3.07. The van der Waals surface area contributed by atoms with Crippen LogP contribution in [-0.4, -0.2) is 70.1 Å². The number of aliphatic hydroxyl groups is 1. The molecular formula is C19H24N6O3. The van der Waals surface area contributed by atoms with Crippen LogP contribution in [0, 0.1) is 0 Å². The van der Waals surface area contributed by atoms with E-state index >= 15 is 0 Å². The lowest BCUT2D eigenvalue weighted by molar-refractivity contribution is -0.138. The number of hydrogen-bond donors (Lipinski definition) is 2. The number of anilines is 1. The summed E-state index contributed by atoms with van der Waals surface area (Å²) in [6, 6.07) is 2.73. The first-order valence-electron chi connectivity index (χ1n) is 9.05. The molecule has 2 amide bonds. The van der Waals surface area contributed by atoms with E-state index in [0.29, 0.717) is 25.3 Å². The van der Waals surface area contributed by atoms with E-state index in [1.165, 1.54) is 6.92 Å². The first-order chi connectivity index (χ1) is 13.4. The van der Waals surface area contributed by atoms with Crippen molar-refractivity contribution in [3.8, 4) is 11.4 Å². The molecule has 0 bridgehead atoms. The second-order valence-electron chi connectivity index (χ2n) is 6.87. The summed E-state index contributed by atoms with van der Waals surface area (Å²) in [5.41, 5.74) is 2.62. The van der Waals surface area contributed by atoms with E-state index in [1.807, 2.05) is 31.1 Å². The Labute approximate surface area is 163 Å². The van der Waals surface area contributed by atoms with Crippen molar-refractivity contribution in [1.29, 1.82) is 0 Å². The van der Waals surface area contributed by atoms with Crippen molar-refractivity contribution in [1.82, 2.24) is 25.2 Å². The number of pyridine rings is 1. The highest BCUT2D eigenvalue weighted by atomic mass is 16.3. The molecule has 2 aromatic heterocycles. The van der Waals surface area contributed by atoms with Gasteiger partial charge in [-0.25, -0.2) is 9.97 Å². The number of aliphatic hydroxyl groups excluding tert-OH is 1. The van der Waals surface area contributed by atoms with Crippen LogP contribution >= 0.6 is 0 Å². The second-order valence-corrected chi connectivity index (χ2v) is 6.87. The van der Waals surface area contributed by atoms with Gasteiger partial charge in [-0.05, 0) is 18.6 Å². The smallest absolute Gasteiger partial charge is 0.247 e. The van der Waals surface area contributed by atoms with Crippen molar-refractivity contribution in [2.75, 3.05) is 32.1 Å². The second kappa shape index (κ2) is 8.30. The van der Waals surface area contributed by atoms with Gasteiger partial charge in [0.15, 0.2) is 5.82 Å². The Morgan fingerprint density at radius 3 is 2.61 bits per heavy atom. The van der Waals surface area contributed by atoms with Gasteiger partial charge in [0.05, 0.1) is 18.8 Å². The maximum Gasteiger partial charge on any atom is 0.247 e. The summed E-state index contributed by atoms with van der Waals surface area (Å²) in [5.74, 6) is 0.713. The third-order valence-electron chi connectivity index (χ3n) is 4.58. The molecule has 1 atom stereocenters. The molecule has 148 valence electrons. The lowest BCUT2D eigenvalue weighted by Gasteiger charge is -2.32. The van der Waals surface area contributed by atoms with Gasteiger partial charge in [0, 0.05) is 51.1 Å². The largest absolute Gasteiger partial charge is 0.394 e. The molecule has 2 N–H and O–H groups in total. The number of carbonyl (C=O) groups excluding carboxylic acids is 2. The number of nitrogens with zero attached hydrogens (tertiary/aromatic N) is 5. The van der Waals surface area contributed by atoms with Crippen molar-refractivity contribution in [2.24, 2.45) is 0 Å². The maximum atomic E-state index is 12.7. The van der Waals surface area contributed by atoms with Gasteiger partial charge >= 0.3 is 0 Å². The molecule has 1 aliphatic heterocycles. The number of nitrogens with one attached hydrogen (secondary N) is 1. The molecule has 1 aliphatic rings. The van der Waals surface area contributed by atoms with Crippen LogP contribution in [0.5, 0.6) is 0 Å². The predicted octanol–water partition coefficient (Wildman–Crippen LogP) is -0.0137. The highest BCUT2D eigenvalue weighted by Gasteiger charge is 2.30. The van der Waals surface area contributed by atoms with E-state index in [1.54, 1.807) is 17.3 Å². The van der Waals surface area contributed by atoms with Gasteiger partial charge in [-0.3, -0.25) is 14.6 Å². The molecule has 2 aromatic rings. The molecule has 9 nitrogen and oxygen atoms in total. The van der Waals surface area contributed by atoms with E-state index in [4.69, 9.17) is 9.97 Å². The number of aromatic nitrogens is 3. The zero-order valence-corrected chi connectivity index (χ0v) is 16.2. The summed E-state index contributed by atoms with van der Waals surface area (Å²) < 4.78 is 0. The quantitative estimate of drug-likeness (QED) is 0.745. The molecule has 28 heavy (non-hydrogen) atoms. The molecule has 9 heteroatoms. The van der Waals surface area contributed by atoms with Crippen molar-refractivity contribution in [2.45, 2.75) is 25.9 Å². The summed E-state index contributed by atoms with van der Waals surface area (Å²) >= 11 is 0. The SMILES string of the molecule is CC(=O)N[C@@H](CO)C(=O)N1CCc2c(nc(-c3ccncc3)nc2N(C)C)C1. The maximum absolute atomic E-state index is 12.7. The number of hydrogen-bond acceptors (Lipinski definition) is 7. The lowest BCUT2D eigenvalue weighted by Crippen LogP contribution is -2.51. The lowest BCUT2D eigenvalue weighted by atomic mass is 10.0. The summed E-state index contributed by atoms with van der Waals surface area (Å²) in [6.45, 7) is 1.64. The van der Waals surface area contributed by atoms with Crippen LogP contribution in [0.2, 0.25) is 0 Å². The third-order valence-corrected chi connectivity index (χ3v) is 4.58. The average Bonchev–Trinajstić information content (AvgIpc) is 2.70. The Kier molecular flexibility index (Phi) is 5.84. The fraction of sp³-hybridized carbons (Fsp3) is 0.421. The van der Waals surface area contributed by atoms with Crippen LogP contribution < -0.4 is 10.2 Å². The fourth-order valence-corrected chi connectivity index (χ4v) is 3.25. The number of fused-ring (bicyclic) bond motifs is 1. The van der Waals surface area contributed by atoms with Crippen LogP contribution in [0.15, 0.2) is 24.5 Å². The molecule has 3 heterocycles. The first-order valence-corrected chi connectivity index (χ1v) is 9.05. The van der Waals surface area contributed by atoms with Crippen LogP contribution in [0.4, 0.5) is 5.82 Å². The van der Waals surface area contributed by atoms with Gasteiger partial charge in [0.1, 0.15) is 11.9 Å². The zero-order valence-electron chi connectivity index (χ0n) is 16.2. The Bertz CT molecular complexity index is 871. The summed E-state index contributed by atoms with van der Waals surface area (Å²) in [4.78, 5) is 41.0. The monoisotopic (exact) mass is 384 g/mol. The van der Waals surface area contributed by atoms with Crippen molar-refractivity contribution in [3.63, 3.8) is 0 Å². The van der Waals surface area contributed by atoms with Gasteiger partial charge in [-0.15, -0.1) is 0 Å². The average molecular weight is 384 g/mol. The molecule has 0 saturated carbocycles. The number of carbonyl (C=O) groups is 2. The predicted molar refractivity (Wildman–Crippen MR) is 103 cm³/mol. The third kappa shape index (κ3) is 4.09. The topological polar surface area (TPSA) is 112 Å². The Morgan fingerprint density at radius 2 is 2.00 bits per heavy atom. The highest BCUT2D eigenvalue weighted by Crippen LogP contribution is 2.28. The first kappa shape index (κ1) is 19.7. The molecule has 0 aliphatic carbocycles. The molecule has 0 saturated heterocycles. The summed E-state index contributed by atoms with van der Waals surface area (Å²) in [6.07, 6.45) is 3.97.